The Morgan fingerprint density at radius 2 is 2.14 bits per heavy atom. The van der Waals surface area contributed by atoms with Gasteiger partial charge in [0.05, 0.1) is 11.8 Å². The van der Waals surface area contributed by atoms with Crippen LogP contribution in [0.4, 0.5) is 0 Å². The Morgan fingerprint density at radius 3 is 2.57 bits per heavy atom. The first-order chi connectivity index (χ1) is 6.49. The first-order valence-corrected chi connectivity index (χ1v) is 5.16. The third-order valence-electron chi connectivity index (χ3n) is 2.40. The molecule has 3 heteroatoms. The van der Waals surface area contributed by atoms with Crippen molar-refractivity contribution in [2.45, 2.75) is 39.7 Å². The summed E-state index contributed by atoms with van der Waals surface area (Å²) in [5.74, 6) is 0.504. The molecular weight excluding hydrogens is 176 g/mol. The van der Waals surface area contributed by atoms with Crippen molar-refractivity contribution in [3.63, 3.8) is 0 Å². The molecule has 0 aliphatic rings. The van der Waals surface area contributed by atoms with Crippen molar-refractivity contribution < 1.29 is 5.11 Å². The fraction of sp³-hybridized carbons (Fsp3) is 0.727. The molecule has 2 atom stereocenters. The minimum absolute atomic E-state index is 0.209. The van der Waals surface area contributed by atoms with Crippen LogP contribution < -0.4 is 0 Å². The third kappa shape index (κ3) is 3.14. The third-order valence-corrected chi connectivity index (χ3v) is 2.40. The van der Waals surface area contributed by atoms with E-state index in [1.165, 1.54) is 5.69 Å². The van der Waals surface area contributed by atoms with E-state index in [0.717, 1.165) is 18.5 Å². The van der Waals surface area contributed by atoms with Crippen LogP contribution in [0.5, 0.6) is 0 Å². The van der Waals surface area contributed by atoms with Crippen molar-refractivity contribution in [1.82, 2.24) is 9.78 Å². The summed E-state index contributed by atoms with van der Waals surface area (Å²) in [5, 5.41) is 13.6. The zero-order valence-corrected chi connectivity index (χ0v) is 9.49. The molecule has 1 N–H and O–H groups in total. The van der Waals surface area contributed by atoms with Crippen molar-refractivity contribution in [3.8, 4) is 0 Å². The van der Waals surface area contributed by atoms with Gasteiger partial charge in [0.2, 0.25) is 0 Å². The quantitative estimate of drug-likeness (QED) is 0.795. The normalized spacial score (nSPS) is 15.5. The van der Waals surface area contributed by atoms with Crippen LogP contribution in [0.1, 0.15) is 31.7 Å². The van der Waals surface area contributed by atoms with Crippen molar-refractivity contribution in [2.24, 2.45) is 13.0 Å². The maximum Gasteiger partial charge on any atom is 0.0596 e. The second-order valence-corrected chi connectivity index (χ2v) is 4.29. The summed E-state index contributed by atoms with van der Waals surface area (Å²) < 4.78 is 1.92. The molecule has 0 radical (unpaired) electrons. The van der Waals surface area contributed by atoms with Crippen molar-refractivity contribution >= 4 is 0 Å². The first-order valence-electron chi connectivity index (χ1n) is 5.16. The fourth-order valence-electron chi connectivity index (χ4n) is 1.88. The molecule has 0 saturated carbocycles. The Morgan fingerprint density at radius 1 is 1.50 bits per heavy atom. The number of aliphatic hydroxyl groups excluding tert-OH is 1. The number of nitrogens with zero attached hydrogens (tertiary/aromatic N) is 2. The van der Waals surface area contributed by atoms with E-state index in [1.54, 1.807) is 0 Å². The number of hydrogen-bond acceptors (Lipinski definition) is 2. The number of aryl methyl sites for hydroxylation is 2. The van der Waals surface area contributed by atoms with E-state index in [4.69, 9.17) is 0 Å². The molecule has 1 rings (SSSR count). The van der Waals surface area contributed by atoms with Crippen LogP contribution in [0.3, 0.4) is 0 Å². The van der Waals surface area contributed by atoms with E-state index < -0.39 is 0 Å². The maximum absolute atomic E-state index is 9.25. The highest BCUT2D eigenvalue weighted by Gasteiger charge is 2.10. The zero-order chi connectivity index (χ0) is 10.7. The maximum atomic E-state index is 9.25. The SMILES string of the molecule is Cc1cc(CC(C)CC(C)O)n(C)n1. The molecule has 0 fully saturated rings. The van der Waals surface area contributed by atoms with Gasteiger partial charge in [0.1, 0.15) is 0 Å². The van der Waals surface area contributed by atoms with Gasteiger partial charge in [0.15, 0.2) is 0 Å². The van der Waals surface area contributed by atoms with E-state index in [2.05, 4.69) is 18.1 Å². The highest BCUT2D eigenvalue weighted by molar-refractivity contribution is 5.09. The lowest BCUT2D eigenvalue weighted by atomic mass is 9.99. The van der Waals surface area contributed by atoms with Gasteiger partial charge < -0.3 is 5.11 Å². The van der Waals surface area contributed by atoms with Gasteiger partial charge in [-0.15, -0.1) is 0 Å². The predicted octanol–water partition coefficient (Wildman–Crippen LogP) is 1.68. The second-order valence-electron chi connectivity index (χ2n) is 4.29. The molecule has 3 nitrogen and oxygen atoms in total. The minimum Gasteiger partial charge on any atom is -0.393 e. The molecule has 80 valence electrons. The Bertz CT molecular complexity index is 291. The zero-order valence-electron chi connectivity index (χ0n) is 9.49. The topological polar surface area (TPSA) is 38.0 Å². The van der Waals surface area contributed by atoms with Gasteiger partial charge >= 0.3 is 0 Å². The summed E-state index contributed by atoms with van der Waals surface area (Å²) in [5.41, 5.74) is 2.31. The molecule has 1 aromatic rings. The van der Waals surface area contributed by atoms with Gasteiger partial charge in [-0.05, 0) is 38.7 Å². The molecule has 0 bridgehead atoms. The van der Waals surface area contributed by atoms with E-state index in [-0.39, 0.29) is 6.10 Å². The van der Waals surface area contributed by atoms with E-state index in [9.17, 15) is 5.11 Å². The van der Waals surface area contributed by atoms with Gasteiger partial charge in [-0.25, -0.2) is 0 Å². The van der Waals surface area contributed by atoms with E-state index in [0.29, 0.717) is 5.92 Å². The van der Waals surface area contributed by atoms with Gasteiger partial charge in [0.25, 0.3) is 0 Å². The Kier molecular flexibility index (Phi) is 3.69. The molecule has 0 spiro atoms. The molecule has 14 heavy (non-hydrogen) atoms. The van der Waals surface area contributed by atoms with Gasteiger partial charge in [-0.1, -0.05) is 6.92 Å². The molecule has 0 aromatic carbocycles. The average molecular weight is 196 g/mol. The number of aromatic nitrogens is 2. The molecule has 1 aromatic heterocycles. The summed E-state index contributed by atoms with van der Waals surface area (Å²) in [6.45, 7) is 6.00. The van der Waals surface area contributed by atoms with Gasteiger partial charge in [0, 0.05) is 12.7 Å². The summed E-state index contributed by atoms with van der Waals surface area (Å²) in [7, 11) is 1.97. The van der Waals surface area contributed by atoms with Crippen LogP contribution in [-0.4, -0.2) is 21.0 Å². The lowest BCUT2D eigenvalue weighted by Gasteiger charge is -2.12. The van der Waals surface area contributed by atoms with Crippen LogP contribution in [0, 0.1) is 12.8 Å². The largest absolute Gasteiger partial charge is 0.393 e. The van der Waals surface area contributed by atoms with Crippen LogP contribution in [0.25, 0.3) is 0 Å². The molecular formula is C11H20N2O. The number of hydrogen-bond donors (Lipinski definition) is 1. The van der Waals surface area contributed by atoms with Gasteiger partial charge in [-0.2, -0.15) is 5.10 Å². The van der Waals surface area contributed by atoms with E-state index >= 15 is 0 Å². The van der Waals surface area contributed by atoms with Crippen LogP contribution in [0.15, 0.2) is 6.07 Å². The summed E-state index contributed by atoms with van der Waals surface area (Å²) in [4.78, 5) is 0. The fourth-order valence-corrected chi connectivity index (χ4v) is 1.88. The number of rotatable bonds is 4. The van der Waals surface area contributed by atoms with Crippen molar-refractivity contribution in [3.05, 3.63) is 17.5 Å². The highest BCUT2D eigenvalue weighted by atomic mass is 16.3. The number of aliphatic hydroxyl groups is 1. The standard InChI is InChI=1S/C11H20N2O/c1-8(5-10(3)14)6-11-7-9(2)12-13(11)4/h7-8,10,14H,5-6H2,1-4H3. The predicted molar refractivity (Wildman–Crippen MR) is 57.1 cm³/mol. The summed E-state index contributed by atoms with van der Waals surface area (Å²) in [6.07, 6.45) is 1.63. The van der Waals surface area contributed by atoms with E-state index in [1.807, 2.05) is 25.6 Å². The Labute approximate surface area is 85.8 Å². The second kappa shape index (κ2) is 4.60. The Balaban J connectivity index is 2.55. The molecule has 0 amide bonds. The summed E-state index contributed by atoms with van der Waals surface area (Å²) >= 11 is 0. The highest BCUT2D eigenvalue weighted by Crippen LogP contribution is 2.14. The van der Waals surface area contributed by atoms with Gasteiger partial charge in [-0.3, -0.25) is 4.68 Å². The smallest absolute Gasteiger partial charge is 0.0596 e. The monoisotopic (exact) mass is 196 g/mol. The minimum atomic E-state index is -0.209. The van der Waals surface area contributed by atoms with Crippen LogP contribution in [0.2, 0.25) is 0 Å². The van der Waals surface area contributed by atoms with Crippen molar-refractivity contribution in [1.29, 1.82) is 0 Å². The first kappa shape index (κ1) is 11.2. The molecule has 2 unspecified atom stereocenters. The lowest BCUT2D eigenvalue weighted by Crippen LogP contribution is -2.11. The van der Waals surface area contributed by atoms with Crippen LogP contribution >= 0.6 is 0 Å². The molecule has 0 saturated heterocycles. The molecule has 1 heterocycles. The lowest BCUT2D eigenvalue weighted by molar-refractivity contribution is 0.163. The van der Waals surface area contributed by atoms with Crippen LogP contribution in [-0.2, 0) is 13.5 Å². The molecule has 0 aliphatic carbocycles. The van der Waals surface area contributed by atoms with Crippen molar-refractivity contribution in [2.75, 3.05) is 0 Å². The summed E-state index contributed by atoms with van der Waals surface area (Å²) in [6, 6.07) is 2.11. The average Bonchev–Trinajstić information content (AvgIpc) is 2.28. The Hall–Kier alpha value is -0.830. The molecule has 0 aliphatic heterocycles.